The van der Waals surface area contributed by atoms with E-state index in [4.69, 9.17) is 0 Å². The molecule has 0 atom stereocenters. The molecule has 1 saturated carbocycles. The van der Waals surface area contributed by atoms with Crippen molar-refractivity contribution in [3.63, 3.8) is 0 Å². The van der Waals surface area contributed by atoms with Crippen LogP contribution in [0.1, 0.15) is 54.1 Å². The molecule has 1 aliphatic carbocycles. The Balaban J connectivity index is 1.58. The van der Waals surface area contributed by atoms with Gasteiger partial charge in [-0.05, 0) is 30.9 Å². The maximum atomic E-state index is 13.1. The van der Waals surface area contributed by atoms with Gasteiger partial charge in [0.2, 0.25) is 0 Å². The molecule has 28 heavy (non-hydrogen) atoms. The van der Waals surface area contributed by atoms with Crippen LogP contribution in [0, 0.1) is 0 Å². The summed E-state index contributed by atoms with van der Waals surface area (Å²) in [6.07, 6.45) is 8.90. The van der Waals surface area contributed by atoms with Gasteiger partial charge in [-0.25, -0.2) is 9.97 Å². The third-order valence-electron chi connectivity index (χ3n) is 5.47. The van der Waals surface area contributed by atoms with Gasteiger partial charge in [0.15, 0.2) is 5.65 Å². The highest BCUT2D eigenvalue weighted by Crippen LogP contribution is 2.31. The predicted molar refractivity (Wildman–Crippen MR) is 108 cm³/mol. The van der Waals surface area contributed by atoms with Crippen molar-refractivity contribution in [1.82, 2.24) is 19.4 Å². The minimum absolute atomic E-state index is 0.0572. The predicted octanol–water partition coefficient (Wildman–Crippen LogP) is 3.57. The van der Waals surface area contributed by atoms with Gasteiger partial charge in [-0.1, -0.05) is 43.2 Å². The largest absolute Gasteiger partial charge is 0.396 e. The second-order valence-electron chi connectivity index (χ2n) is 7.45. The number of rotatable bonds is 7. The smallest absolute Gasteiger partial charge is 0.255 e. The van der Waals surface area contributed by atoms with Gasteiger partial charge in [0.1, 0.15) is 5.52 Å². The van der Waals surface area contributed by atoms with Crippen LogP contribution >= 0.6 is 0 Å². The van der Waals surface area contributed by atoms with Crippen LogP contribution in [0.15, 0.2) is 48.9 Å². The molecule has 0 unspecified atom stereocenters. The quantitative estimate of drug-likeness (QED) is 0.682. The van der Waals surface area contributed by atoms with E-state index in [2.05, 4.69) is 14.5 Å². The van der Waals surface area contributed by atoms with E-state index < -0.39 is 0 Å². The zero-order valence-electron chi connectivity index (χ0n) is 16.0. The number of nitrogens with zero attached hydrogens (tertiary/aromatic N) is 4. The molecular weight excluding hydrogens is 352 g/mol. The summed E-state index contributed by atoms with van der Waals surface area (Å²) < 4.78 is 2.16. The number of fused-ring (bicyclic) bond motifs is 1. The standard InChI is InChI=1S/C22H26N4O2/c27-12-6-11-25(15-17-7-2-1-3-8-17)22(28)18-13-20-21(23-14-18)26(16-24-20)19-9-4-5-10-19/h1-3,7-8,13-14,16,19,27H,4-6,9-12,15H2. The lowest BCUT2D eigenvalue weighted by Gasteiger charge is -2.22. The van der Waals surface area contributed by atoms with Crippen molar-refractivity contribution in [3.8, 4) is 0 Å². The lowest BCUT2D eigenvalue weighted by Crippen LogP contribution is -2.32. The minimum Gasteiger partial charge on any atom is -0.396 e. The Bertz CT molecular complexity index is 932. The Labute approximate surface area is 164 Å². The molecule has 1 aliphatic rings. The fourth-order valence-electron chi connectivity index (χ4n) is 3.99. The summed E-state index contributed by atoms with van der Waals surface area (Å²) in [6.45, 7) is 1.06. The summed E-state index contributed by atoms with van der Waals surface area (Å²) >= 11 is 0. The summed E-state index contributed by atoms with van der Waals surface area (Å²) in [4.78, 5) is 24.0. The Morgan fingerprint density at radius 2 is 1.96 bits per heavy atom. The van der Waals surface area contributed by atoms with Crippen LogP contribution in [0.2, 0.25) is 0 Å². The number of benzene rings is 1. The fourth-order valence-corrected chi connectivity index (χ4v) is 3.99. The molecule has 0 bridgehead atoms. The van der Waals surface area contributed by atoms with Crippen LogP contribution in [0.3, 0.4) is 0 Å². The zero-order chi connectivity index (χ0) is 19.3. The number of aromatic nitrogens is 3. The number of aliphatic hydroxyl groups is 1. The zero-order valence-corrected chi connectivity index (χ0v) is 16.0. The van der Waals surface area contributed by atoms with Crippen molar-refractivity contribution in [2.75, 3.05) is 13.2 Å². The minimum atomic E-state index is -0.0814. The van der Waals surface area contributed by atoms with E-state index in [0.717, 1.165) is 16.7 Å². The van der Waals surface area contributed by atoms with Crippen molar-refractivity contribution in [2.24, 2.45) is 0 Å². The summed E-state index contributed by atoms with van der Waals surface area (Å²) in [5.74, 6) is -0.0814. The van der Waals surface area contributed by atoms with Gasteiger partial charge in [-0.3, -0.25) is 4.79 Å². The van der Waals surface area contributed by atoms with Gasteiger partial charge in [0, 0.05) is 31.9 Å². The van der Waals surface area contributed by atoms with Crippen molar-refractivity contribution in [1.29, 1.82) is 0 Å². The number of amides is 1. The summed E-state index contributed by atoms with van der Waals surface area (Å²) in [6, 6.07) is 12.2. The third-order valence-corrected chi connectivity index (χ3v) is 5.47. The Morgan fingerprint density at radius 1 is 1.18 bits per heavy atom. The van der Waals surface area contributed by atoms with E-state index in [0.29, 0.717) is 31.1 Å². The number of imidazole rings is 1. The Morgan fingerprint density at radius 3 is 2.71 bits per heavy atom. The van der Waals surface area contributed by atoms with Gasteiger partial charge in [0.25, 0.3) is 5.91 Å². The molecule has 6 heteroatoms. The van der Waals surface area contributed by atoms with Crippen LogP contribution in [0.25, 0.3) is 11.2 Å². The molecule has 4 rings (SSSR count). The van der Waals surface area contributed by atoms with E-state index in [-0.39, 0.29) is 12.5 Å². The maximum Gasteiger partial charge on any atom is 0.255 e. The number of hydrogen-bond acceptors (Lipinski definition) is 4. The highest BCUT2D eigenvalue weighted by atomic mass is 16.3. The molecule has 1 amide bonds. The first-order chi connectivity index (χ1) is 13.8. The van der Waals surface area contributed by atoms with Crippen LogP contribution in [0.5, 0.6) is 0 Å². The van der Waals surface area contributed by atoms with E-state index in [1.807, 2.05) is 42.7 Å². The highest BCUT2D eigenvalue weighted by Gasteiger charge is 2.21. The van der Waals surface area contributed by atoms with Crippen molar-refractivity contribution >= 4 is 17.1 Å². The lowest BCUT2D eigenvalue weighted by molar-refractivity contribution is 0.0731. The van der Waals surface area contributed by atoms with E-state index in [9.17, 15) is 9.90 Å². The lowest BCUT2D eigenvalue weighted by atomic mass is 10.1. The fraction of sp³-hybridized carbons (Fsp3) is 0.409. The molecule has 146 valence electrons. The molecule has 1 aromatic carbocycles. The van der Waals surface area contributed by atoms with Crippen molar-refractivity contribution in [3.05, 3.63) is 60.0 Å². The molecule has 0 aliphatic heterocycles. The van der Waals surface area contributed by atoms with E-state index in [1.54, 1.807) is 11.1 Å². The van der Waals surface area contributed by atoms with Crippen LogP contribution < -0.4 is 0 Å². The first-order valence-corrected chi connectivity index (χ1v) is 10.0. The molecular formula is C22H26N4O2. The van der Waals surface area contributed by atoms with Crippen LogP contribution in [0.4, 0.5) is 0 Å². The first-order valence-electron chi connectivity index (χ1n) is 10.0. The number of hydrogen-bond donors (Lipinski definition) is 1. The third kappa shape index (κ3) is 3.92. The molecule has 6 nitrogen and oxygen atoms in total. The highest BCUT2D eigenvalue weighted by molar-refractivity contribution is 5.96. The Hall–Kier alpha value is -2.73. The normalized spacial score (nSPS) is 14.6. The molecule has 0 radical (unpaired) electrons. The maximum absolute atomic E-state index is 13.1. The second-order valence-corrected chi connectivity index (χ2v) is 7.45. The molecule has 0 spiro atoms. The molecule has 0 saturated heterocycles. The van der Waals surface area contributed by atoms with Gasteiger partial charge in [0.05, 0.1) is 11.9 Å². The van der Waals surface area contributed by atoms with Crippen molar-refractivity contribution in [2.45, 2.75) is 44.7 Å². The number of aliphatic hydroxyl groups excluding tert-OH is 1. The molecule has 2 heterocycles. The molecule has 1 fully saturated rings. The average Bonchev–Trinajstić information content (AvgIpc) is 3.40. The first kappa shape index (κ1) is 18.6. The molecule has 3 aromatic rings. The Kier molecular flexibility index (Phi) is 5.67. The van der Waals surface area contributed by atoms with Crippen LogP contribution in [-0.2, 0) is 6.54 Å². The number of pyridine rings is 1. The average molecular weight is 378 g/mol. The number of carbonyl (C=O) groups is 1. The summed E-state index contributed by atoms with van der Waals surface area (Å²) in [5.41, 5.74) is 3.22. The SMILES string of the molecule is O=C(c1cnc2c(c1)ncn2C1CCCC1)N(CCCO)Cc1ccccc1. The van der Waals surface area contributed by atoms with Gasteiger partial charge in [-0.15, -0.1) is 0 Å². The number of carbonyl (C=O) groups excluding carboxylic acids is 1. The molecule has 2 aromatic heterocycles. The van der Waals surface area contributed by atoms with Crippen LogP contribution in [-0.4, -0.2) is 43.6 Å². The summed E-state index contributed by atoms with van der Waals surface area (Å²) in [5, 5.41) is 9.22. The van der Waals surface area contributed by atoms with E-state index >= 15 is 0 Å². The summed E-state index contributed by atoms with van der Waals surface area (Å²) in [7, 11) is 0. The van der Waals surface area contributed by atoms with Gasteiger partial charge >= 0.3 is 0 Å². The monoisotopic (exact) mass is 378 g/mol. The van der Waals surface area contributed by atoms with Gasteiger partial charge in [-0.2, -0.15) is 0 Å². The topological polar surface area (TPSA) is 71.2 Å². The van der Waals surface area contributed by atoms with Crippen molar-refractivity contribution < 1.29 is 9.90 Å². The van der Waals surface area contributed by atoms with Gasteiger partial charge < -0.3 is 14.6 Å². The second kappa shape index (κ2) is 8.52. The molecule has 1 N–H and O–H groups in total. The van der Waals surface area contributed by atoms with E-state index in [1.165, 1.54) is 25.7 Å².